The van der Waals surface area contributed by atoms with Crippen molar-refractivity contribution in [1.29, 1.82) is 0 Å². The van der Waals surface area contributed by atoms with E-state index in [4.69, 9.17) is 16.3 Å². The lowest BCUT2D eigenvalue weighted by Gasteiger charge is -2.22. The zero-order valence-electron chi connectivity index (χ0n) is 14.7. The van der Waals surface area contributed by atoms with Gasteiger partial charge in [-0.1, -0.05) is 23.8 Å². The molecule has 0 saturated heterocycles. The van der Waals surface area contributed by atoms with Gasteiger partial charge in [-0.25, -0.2) is 0 Å². The van der Waals surface area contributed by atoms with Crippen LogP contribution in [0.1, 0.15) is 38.2 Å². The molecule has 1 aromatic rings. The van der Waals surface area contributed by atoms with Crippen LogP contribution < -0.4 is 4.90 Å². The Morgan fingerprint density at radius 2 is 2.23 bits per heavy atom. The summed E-state index contributed by atoms with van der Waals surface area (Å²) < 4.78 is 5.74. The van der Waals surface area contributed by atoms with Crippen LogP contribution in [0.3, 0.4) is 0 Å². The van der Waals surface area contributed by atoms with Crippen LogP contribution in [0.25, 0.3) is 0 Å². The highest BCUT2D eigenvalue weighted by Crippen LogP contribution is 2.43. The molecule has 0 spiro atoms. The first-order valence-corrected chi connectivity index (χ1v) is 9.12. The second-order valence-electron chi connectivity index (χ2n) is 6.66. The number of ketones is 1. The van der Waals surface area contributed by atoms with Gasteiger partial charge in [0.2, 0.25) is 0 Å². The molecule has 1 atom stereocenters. The van der Waals surface area contributed by atoms with Crippen molar-refractivity contribution in [1.82, 2.24) is 0 Å². The Balaban J connectivity index is 1.71. The molecular formula is C20H22ClNO4. The molecule has 1 amide bonds. The molecule has 1 N–H and O–H groups in total. The molecule has 1 aliphatic heterocycles. The third-order valence-electron chi connectivity index (χ3n) is 4.59. The minimum absolute atomic E-state index is 0.255. The summed E-state index contributed by atoms with van der Waals surface area (Å²) in [5.41, 5.74) is -0.849. The Morgan fingerprint density at radius 1 is 1.42 bits per heavy atom. The van der Waals surface area contributed by atoms with E-state index in [0.29, 0.717) is 35.8 Å². The van der Waals surface area contributed by atoms with Gasteiger partial charge in [-0.2, -0.15) is 0 Å². The second-order valence-corrected chi connectivity index (χ2v) is 7.10. The molecule has 5 nitrogen and oxygen atoms in total. The molecule has 138 valence electrons. The van der Waals surface area contributed by atoms with E-state index >= 15 is 0 Å². The number of anilines is 1. The SMILES string of the molecule is CC(=O)C[C@@]1(O)C(=O)N(CCCOC2=CC=CCC2)c2ccc(Cl)cc21. The van der Waals surface area contributed by atoms with Crippen molar-refractivity contribution in [3.63, 3.8) is 0 Å². The van der Waals surface area contributed by atoms with Gasteiger partial charge in [-0.15, -0.1) is 0 Å². The Hall–Kier alpha value is -2.11. The number of allylic oxidation sites excluding steroid dienone is 4. The van der Waals surface area contributed by atoms with Crippen LogP contribution >= 0.6 is 11.6 Å². The molecule has 26 heavy (non-hydrogen) atoms. The summed E-state index contributed by atoms with van der Waals surface area (Å²) >= 11 is 6.04. The number of Topliss-reactive ketones (excluding diaryl/α,β-unsaturated/α-hetero) is 1. The lowest BCUT2D eigenvalue weighted by Crippen LogP contribution is -2.42. The number of amides is 1. The summed E-state index contributed by atoms with van der Waals surface area (Å²) in [4.78, 5) is 26.0. The minimum atomic E-state index is -1.84. The van der Waals surface area contributed by atoms with Crippen LogP contribution in [0.15, 0.2) is 42.2 Å². The molecule has 0 saturated carbocycles. The first-order chi connectivity index (χ1) is 12.4. The number of ether oxygens (including phenoxy) is 1. The van der Waals surface area contributed by atoms with E-state index in [-0.39, 0.29) is 12.2 Å². The molecule has 1 aliphatic carbocycles. The average Bonchev–Trinajstić information content (AvgIpc) is 2.80. The van der Waals surface area contributed by atoms with Gasteiger partial charge >= 0.3 is 0 Å². The third-order valence-corrected chi connectivity index (χ3v) is 4.82. The number of hydrogen-bond acceptors (Lipinski definition) is 4. The molecule has 0 unspecified atom stereocenters. The maximum absolute atomic E-state index is 12.8. The van der Waals surface area contributed by atoms with Crippen LogP contribution in [0.2, 0.25) is 5.02 Å². The highest BCUT2D eigenvalue weighted by atomic mass is 35.5. The third kappa shape index (κ3) is 3.69. The van der Waals surface area contributed by atoms with E-state index in [1.165, 1.54) is 11.8 Å². The predicted molar refractivity (Wildman–Crippen MR) is 100 cm³/mol. The number of rotatable bonds is 7. The Labute approximate surface area is 157 Å². The Bertz CT molecular complexity index is 786. The van der Waals surface area contributed by atoms with Crippen LogP contribution in [-0.4, -0.2) is 29.9 Å². The summed E-state index contributed by atoms with van der Waals surface area (Å²) in [6.07, 6.45) is 8.24. The number of carbonyl (C=O) groups is 2. The van der Waals surface area contributed by atoms with Crippen molar-refractivity contribution in [3.8, 4) is 0 Å². The summed E-state index contributed by atoms with van der Waals surface area (Å²) in [5, 5.41) is 11.3. The Morgan fingerprint density at radius 3 is 2.92 bits per heavy atom. The van der Waals surface area contributed by atoms with E-state index in [9.17, 15) is 14.7 Å². The predicted octanol–water partition coefficient (Wildman–Crippen LogP) is 3.49. The van der Waals surface area contributed by atoms with E-state index in [1.54, 1.807) is 18.2 Å². The maximum Gasteiger partial charge on any atom is 0.264 e. The van der Waals surface area contributed by atoms with Gasteiger partial charge in [0.1, 0.15) is 5.78 Å². The number of benzene rings is 1. The number of nitrogens with zero attached hydrogens (tertiary/aromatic N) is 1. The van der Waals surface area contributed by atoms with Gasteiger partial charge in [-0.3, -0.25) is 9.59 Å². The lowest BCUT2D eigenvalue weighted by molar-refractivity contribution is -0.141. The monoisotopic (exact) mass is 375 g/mol. The van der Waals surface area contributed by atoms with Crippen molar-refractivity contribution in [2.75, 3.05) is 18.1 Å². The van der Waals surface area contributed by atoms with Crippen molar-refractivity contribution in [3.05, 3.63) is 52.8 Å². The lowest BCUT2D eigenvalue weighted by atomic mass is 9.90. The van der Waals surface area contributed by atoms with Crippen molar-refractivity contribution in [2.24, 2.45) is 0 Å². The van der Waals surface area contributed by atoms with Crippen molar-refractivity contribution >= 4 is 29.0 Å². The van der Waals surface area contributed by atoms with E-state index in [2.05, 4.69) is 6.08 Å². The fraction of sp³-hybridized carbons (Fsp3) is 0.400. The normalized spacial score (nSPS) is 21.6. The topological polar surface area (TPSA) is 66.8 Å². The van der Waals surface area contributed by atoms with Gasteiger partial charge < -0.3 is 14.7 Å². The zero-order valence-corrected chi connectivity index (χ0v) is 15.5. The second kappa shape index (κ2) is 7.64. The van der Waals surface area contributed by atoms with E-state index in [0.717, 1.165) is 18.6 Å². The summed E-state index contributed by atoms with van der Waals surface area (Å²) in [5.74, 6) is 0.208. The molecule has 1 aromatic carbocycles. The van der Waals surface area contributed by atoms with Crippen LogP contribution in [0.5, 0.6) is 0 Å². The molecule has 1 heterocycles. The molecule has 6 heteroatoms. The standard InChI is InChI=1S/C20H22ClNO4/c1-14(23)13-20(25)17-12-15(21)8-9-18(17)22(19(20)24)10-5-11-26-16-6-3-2-4-7-16/h2-3,6,8-9,12,25H,4-5,7,10-11,13H2,1H3/t20-/m0/s1. The van der Waals surface area contributed by atoms with Gasteiger partial charge in [0.05, 0.1) is 18.1 Å². The fourth-order valence-corrected chi connectivity index (χ4v) is 3.57. The molecule has 0 fully saturated rings. The quantitative estimate of drug-likeness (QED) is 0.741. The summed E-state index contributed by atoms with van der Waals surface area (Å²) in [6, 6.07) is 4.95. The van der Waals surface area contributed by atoms with Crippen LogP contribution in [-0.2, 0) is 19.9 Å². The first kappa shape index (κ1) is 18.7. The van der Waals surface area contributed by atoms with Gasteiger partial charge in [0.15, 0.2) is 5.60 Å². The van der Waals surface area contributed by atoms with E-state index < -0.39 is 11.5 Å². The molecule has 0 bridgehead atoms. The molecule has 2 aliphatic rings. The van der Waals surface area contributed by atoms with E-state index in [1.807, 2.05) is 12.2 Å². The number of hydrogen-bond donors (Lipinski definition) is 1. The van der Waals surface area contributed by atoms with Gasteiger partial charge in [0, 0.05) is 30.0 Å². The van der Waals surface area contributed by atoms with Gasteiger partial charge in [-0.05, 0) is 44.0 Å². The largest absolute Gasteiger partial charge is 0.498 e. The number of fused-ring (bicyclic) bond motifs is 1. The van der Waals surface area contributed by atoms with Crippen LogP contribution in [0.4, 0.5) is 5.69 Å². The van der Waals surface area contributed by atoms with Crippen molar-refractivity contribution in [2.45, 2.75) is 38.2 Å². The number of carbonyl (C=O) groups excluding carboxylic acids is 2. The molecule has 0 aromatic heterocycles. The molecule has 0 radical (unpaired) electrons. The number of aliphatic hydroxyl groups is 1. The van der Waals surface area contributed by atoms with Gasteiger partial charge in [0.25, 0.3) is 5.91 Å². The minimum Gasteiger partial charge on any atom is -0.498 e. The zero-order chi connectivity index (χ0) is 18.7. The Kier molecular flexibility index (Phi) is 5.49. The summed E-state index contributed by atoms with van der Waals surface area (Å²) in [6.45, 7) is 2.24. The fourth-order valence-electron chi connectivity index (χ4n) is 3.40. The maximum atomic E-state index is 12.8. The number of halogens is 1. The molecule has 3 rings (SSSR count). The first-order valence-electron chi connectivity index (χ1n) is 8.74. The highest BCUT2D eigenvalue weighted by Gasteiger charge is 2.50. The average molecular weight is 376 g/mol. The smallest absolute Gasteiger partial charge is 0.264 e. The van der Waals surface area contributed by atoms with Crippen molar-refractivity contribution < 1.29 is 19.4 Å². The summed E-state index contributed by atoms with van der Waals surface area (Å²) in [7, 11) is 0. The van der Waals surface area contributed by atoms with Crippen LogP contribution in [0, 0.1) is 0 Å². The molecular weight excluding hydrogens is 354 g/mol. The highest BCUT2D eigenvalue weighted by molar-refractivity contribution is 6.31.